The number of carbonyl (C=O) groups is 1. The summed E-state index contributed by atoms with van der Waals surface area (Å²) in [5, 5.41) is 9.64. The maximum atomic E-state index is 13.6. The molecule has 0 aliphatic heterocycles. The van der Waals surface area contributed by atoms with Crippen molar-refractivity contribution in [3.05, 3.63) is 42.5 Å². The fourth-order valence-electron chi connectivity index (χ4n) is 1.74. The van der Waals surface area contributed by atoms with Crippen LogP contribution in [0.2, 0.25) is 0 Å². The molecule has 0 atom stereocenters. The van der Waals surface area contributed by atoms with Gasteiger partial charge in [-0.2, -0.15) is 5.10 Å². The van der Waals surface area contributed by atoms with Gasteiger partial charge in [-0.15, -0.1) is 12.4 Å². The van der Waals surface area contributed by atoms with Crippen molar-refractivity contribution in [1.82, 2.24) is 15.1 Å². The highest BCUT2D eigenvalue weighted by Crippen LogP contribution is 2.14. The largest absolute Gasteiger partial charge is 0.383 e. The van der Waals surface area contributed by atoms with Crippen molar-refractivity contribution in [3.8, 4) is 5.69 Å². The van der Waals surface area contributed by atoms with Crippen molar-refractivity contribution in [2.75, 3.05) is 32.1 Å². The van der Waals surface area contributed by atoms with Gasteiger partial charge in [-0.05, 0) is 12.1 Å². The van der Waals surface area contributed by atoms with E-state index in [-0.39, 0.29) is 30.7 Å². The van der Waals surface area contributed by atoms with Crippen molar-refractivity contribution < 1.29 is 13.9 Å². The first-order chi connectivity index (χ1) is 10.2. The van der Waals surface area contributed by atoms with E-state index in [0.717, 1.165) is 0 Å². The van der Waals surface area contributed by atoms with Crippen LogP contribution in [-0.2, 0) is 9.53 Å². The number of nitrogens with zero attached hydrogens (tertiary/aromatic N) is 2. The standard InChI is InChI=1S/C14H17FN4O2.ClH/c1-21-7-6-16-9-14(20)18-11-8-17-19(10-11)13-5-3-2-4-12(13)15;/h2-5,8,10,16H,6-7,9H2,1H3,(H,18,20);1H. The van der Waals surface area contributed by atoms with E-state index in [4.69, 9.17) is 4.74 Å². The minimum Gasteiger partial charge on any atom is -0.383 e. The third-order valence-electron chi connectivity index (χ3n) is 2.73. The third kappa shape index (κ3) is 5.10. The molecule has 0 unspecified atom stereocenters. The summed E-state index contributed by atoms with van der Waals surface area (Å²) in [5.74, 6) is -0.570. The molecule has 0 bridgehead atoms. The van der Waals surface area contributed by atoms with Crippen molar-refractivity contribution in [1.29, 1.82) is 0 Å². The molecule has 0 fully saturated rings. The molecule has 0 radical (unpaired) electrons. The molecular weight excluding hydrogens is 311 g/mol. The quantitative estimate of drug-likeness (QED) is 0.758. The van der Waals surface area contributed by atoms with Crippen molar-refractivity contribution >= 4 is 24.0 Å². The Morgan fingerprint density at radius 1 is 1.41 bits per heavy atom. The minimum absolute atomic E-state index is 0. The molecule has 0 spiro atoms. The molecule has 2 rings (SSSR count). The van der Waals surface area contributed by atoms with Crippen LogP contribution in [0.1, 0.15) is 0 Å². The van der Waals surface area contributed by atoms with Crippen molar-refractivity contribution in [2.45, 2.75) is 0 Å². The van der Waals surface area contributed by atoms with Crippen LogP contribution >= 0.6 is 12.4 Å². The second kappa shape index (κ2) is 9.14. The molecule has 0 aliphatic carbocycles. The van der Waals surface area contributed by atoms with Gasteiger partial charge in [0.25, 0.3) is 0 Å². The topological polar surface area (TPSA) is 68.2 Å². The molecule has 120 valence electrons. The molecule has 8 heteroatoms. The number of halogens is 2. The lowest BCUT2D eigenvalue weighted by Crippen LogP contribution is -2.30. The summed E-state index contributed by atoms with van der Waals surface area (Å²) in [7, 11) is 1.60. The van der Waals surface area contributed by atoms with Crippen LogP contribution in [0.25, 0.3) is 5.69 Å². The van der Waals surface area contributed by atoms with Gasteiger partial charge in [0.15, 0.2) is 0 Å². The molecule has 2 aromatic rings. The number of amides is 1. The number of rotatable bonds is 7. The van der Waals surface area contributed by atoms with Crippen LogP contribution in [0.15, 0.2) is 36.7 Å². The second-order valence-corrected chi connectivity index (χ2v) is 4.34. The van der Waals surface area contributed by atoms with Gasteiger partial charge in [0.1, 0.15) is 11.5 Å². The van der Waals surface area contributed by atoms with Gasteiger partial charge < -0.3 is 15.4 Å². The highest BCUT2D eigenvalue weighted by molar-refractivity contribution is 5.92. The summed E-state index contributed by atoms with van der Waals surface area (Å²) in [6.07, 6.45) is 3.03. The highest BCUT2D eigenvalue weighted by Gasteiger charge is 2.07. The Balaban J connectivity index is 0.00000242. The normalized spacial score (nSPS) is 10.1. The SMILES string of the molecule is COCCNCC(=O)Nc1cnn(-c2ccccc2F)c1.Cl. The molecule has 1 aromatic heterocycles. The lowest BCUT2D eigenvalue weighted by molar-refractivity contribution is -0.115. The number of benzene rings is 1. The van der Waals surface area contributed by atoms with E-state index >= 15 is 0 Å². The number of hydrogen-bond acceptors (Lipinski definition) is 4. The fraction of sp³-hybridized carbons (Fsp3) is 0.286. The zero-order chi connectivity index (χ0) is 15.1. The molecule has 1 heterocycles. The van der Waals surface area contributed by atoms with Gasteiger partial charge in [-0.3, -0.25) is 4.79 Å². The number of anilines is 1. The Morgan fingerprint density at radius 2 is 2.18 bits per heavy atom. The van der Waals surface area contributed by atoms with E-state index in [9.17, 15) is 9.18 Å². The molecular formula is C14H18ClFN4O2. The maximum Gasteiger partial charge on any atom is 0.238 e. The number of carbonyl (C=O) groups excluding carboxylic acids is 1. The lowest BCUT2D eigenvalue weighted by atomic mass is 10.3. The first-order valence-electron chi connectivity index (χ1n) is 6.50. The number of aromatic nitrogens is 2. The monoisotopic (exact) mass is 328 g/mol. The van der Waals surface area contributed by atoms with Crippen LogP contribution in [0, 0.1) is 5.82 Å². The Labute approximate surface area is 134 Å². The van der Waals surface area contributed by atoms with Crippen molar-refractivity contribution in [2.24, 2.45) is 0 Å². The minimum atomic E-state index is -0.375. The predicted molar refractivity (Wildman–Crippen MR) is 84.1 cm³/mol. The summed E-state index contributed by atoms with van der Waals surface area (Å²) in [6.45, 7) is 1.31. The number of ether oxygens (including phenoxy) is 1. The van der Waals surface area contributed by atoms with E-state index < -0.39 is 0 Å². The smallest absolute Gasteiger partial charge is 0.238 e. The summed E-state index contributed by atoms with van der Waals surface area (Å²) in [4.78, 5) is 11.7. The maximum absolute atomic E-state index is 13.6. The Morgan fingerprint density at radius 3 is 2.91 bits per heavy atom. The fourth-order valence-corrected chi connectivity index (χ4v) is 1.74. The molecule has 22 heavy (non-hydrogen) atoms. The highest BCUT2D eigenvalue weighted by atomic mass is 35.5. The van der Waals surface area contributed by atoms with Gasteiger partial charge >= 0.3 is 0 Å². The molecule has 6 nitrogen and oxygen atoms in total. The number of nitrogens with one attached hydrogen (secondary N) is 2. The Kier molecular flexibility index (Phi) is 7.51. The van der Waals surface area contributed by atoms with E-state index in [0.29, 0.717) is 24.5 Å². The summed E-state index contributed by atoms with van der Waals surface area (Å²) >= 11 is 0. The van der Waals surface area contributed by atoms with Crippen LogP contribution in [0.4, 0.5) is 10.1 Å². The first kappa shape index (κ1) is 18.1. The summed E-state index contributed by atoms with van der Waals surface area (Å²) in [6, 6.07) is 6.30. The van der Waals surface area contributed by atoms with Crippen LogP contribution in [0.3, 0.4) is 0 Å². The van der Waals surface area contributed by atoms with Gasteiger partial charge in [0, 0.05) is 13.7 Å². The van der Waals surface area contributed by atoms with E-state index in [1.165, 1.54) is 16.9 Å². The number of hydrogen-bond donors (Lipinski definition) is 2. The predicted octanol–water partition coefficient (Wildman–Crippen LogP) is 1.61. The third-order valence-corrected chi connectivity index (χ3v) is 2.73. The Bertz CT molecular complexity index is 606. The van der Waals surface area contributed by atoms with E-state index in [1.54, 1.807) is 31.5 Å². The van der Waals surface area contributed by atoms with Gasteiger partial charge in [-0.25, -0.2) is 9.07 Å². The molecule has 0 saturated heterocycles. The molecule has 2 N–H and O–H groups in total. The Hall–Kier alpha value is -1.96. The zero-order valence-electron chi connectivity index (χ0n) is 12.1. The van der Waals surface area contributed by atoms with Crippen LogP contribution in [-0.4, -0.2) is 42.5 Å². The molecule has 1 aromatic carbocycles. The molecule has 0 saturated carbocycles. The van der Waals surface area contributed by atoms with E-state index in [2.05, 4.69) is 15.7 Å². The average molecular weight is 329 g/mol. The summed E-state index contributed by atoms with van der Waals surface area (Å²) < 4.78 is 19.9. The van der Waals surface area contributed by atoms with Crippen LogP contribution in [0.5, 0.6) is 0 Å². The van der Waals surface area contributed by atoms with E-state index in [1.807, 2.05) is 0 Å². The molecule has 0 aliphatic rings. The van der Waals surface area contributed by atoms with Gasteiger partial charge in [-0.1, -0.05) is 12.1 Å². The second-order valence-electron chi connectivity index (χ2n) is 4.34. The zero-order valence-corrected chi connectivity index (χ0v) is 12.9. The first-order valence-corrected chi connectivity index (χ1v) is 6.50. The summed E-state index contributed by atoms with van der Waals surface area (Å²) in [5.41, 5.74) is 0.841. The number of para-hydroxylation sites is 1. The van der Waals surface area contributed by atoms with Gasteiger partial charge in [0.2, 0.25) is 5.91 Å². The number of methoxy groups -OCH3 is 1. The average Bonchev–Trinajstić information content (AvgIpc) is 2.92. The van der Waals surface area contributed by atoms with Crippen molar-refractivity contribution in [3.63, 3.8) is 0 Å². The molecule has 1 amide bonds. The van der Waals surface area contributed by atoms with Gasteiger partial charge in [0.05, 0.1) is 31.2 Å². The van der Waals surface area contributed by atoms with Crippen LogP contribution < -0.4 is 10.6 Å². The lowest BCUT2D eigenvalue weighted by Gasteiger charge is -2.04.